The van der Waals surface area contributed by atoms with Gasteiger partial charge in [0.2, 0.25) is 5.91 Å². The number of hydrogen-bond donors (Lipinski definition) is 2. The van der Waals surface area contributed by atoms with Crippen LogP contribution in [-0.2, 0) is 9.53 Å². The molecule has 1 atom stereocenters. The highest BCUT2D eigenvalue weighted by Crippen LogP contribution is 2.26. The number of nitrogens with one attached hydrogen (secondary N) is 1. The lowest BCUT2D eigenvalue weighted by Gasteiger charge is -2.24. The number of nitrogen functional groups attached to an aromatic ring is 1. The fourth-order valence-corrected chi connectivity index (χ4v) is 1.90. The molecule has 0 aliphatic carbocycles. The Hall–Kier alpha value is -1.79. The molecular formula is C15H25N3O3. The van der Waals surface area contributed by atoms with Crippen molar-refractivity contribution in [3.8, 4) is 5.75 Å². The van der Waals surface area contributed by atoms with Gasteiger partial charge in [0.05, 0.1) is 18.8 Å². The summed E-state index contributed by atoms with van der Waals surface area (Å²) in [5.74, 6) is 0.468. The molecule has 0 aliphatic rings. The fourth-order valence-electron chi connectivity index (χ4n) is 1.90. The summed E-state index contributed by atoms with van der Waals surface area (Å²) < 4.78 is 10.2. The molecule has 0 aliphatic heterocycles. The zero-order valence-electron chi connectivity index (χ0n) is 13.2. The number of methoxy groups -OCH3 is 2. The summed E-state index contributed by atoms with van der Waals surface area (Å²) in [6, 6.07) is 4.90. The molecule has 1 unspecified atom stereocenters. The smallest absolute Gasteiger partial charge is 0.241 e. The van der Waals surface area contributed by atoms with Gasteiger partial charge in [0.15, 0.2) is 0 Å². The van der Waals surface area contributed by atoms with E-state index in [1.807, 2.05) is 18.9 Å². The number of hydrogen-bond acceptors (Lipinski definition) is 5. The van der Waals surface area contributed by atoms with Gasteiger partial charge in [-0.1, -0.05) is 0 Å². The van der Waals surface area contributed by atoms with E-state index in [2.05, 4.69) is 5.32 Å². The van der Waals surface area contributed by atoms with E-state index in [9.17, 15) is 4.79 Å². The molecular weight excluding hydrogens is 270 g/mol. The molecule has 1 aromatic rings. The monoisotopic (exact) mass is 295 g/mol. The van der Waals surface area contributed by atoms with Gasteiger partial charge < -0.3 is 20.5 Å². The highest BCUT2D eigenvalue weighted by atomic mass is 16.5. The van der Waals surface area contributed by atoms with Crippen molar-refractivity contribution in [3.05, 3.63) is 18.2 Å². The van der Waals surface area contributed by atoms with Gasteiger partial charge in [0.25, 0.3) is 0 Å². The van der Waals surface area contributed by atoms with Crippen LogP contribution in [0.5, 0.6) is 5.75 Å². The number of likely N-dealkylation sites (N-methyl/N-ethyl adjacent to an activating group) is 1. The number of carbonyl (C=O) groups is 1. The van der Waals surface area contributed by atoms with Crippen molar-refractivity contribution in [1.29, 1.82) is 0 Å². The van der Waals surface area contributed by atoms with Crippen LogP contribution in [0.1, 0.15) is 13.3 Å². The minimum absolute atomic E-state index is 0.0852. The Bertz CT molecular complexity index is 465. The first kappa shape index (κ1) is 17.3. The van der Waals surface area contributed by atoms with Crippen molar-refractivity contribution >= 4 is 17.3 Å². The third-order valence-corrected chi connectivity index (χ3v) is 3.38. The SMILES string of the molecule is COCCCN(C)C(C)C(=O)Nc1ccc(N)cc1OC. The highest BCUT2D eigenvalue weighted by Gasteiger charge is 2.19. The Labute approximate surface area is 126 Å². The quantitative estimate of drug-likeness (QED) is 0.562. The standard InChI is InChI=1S/C15H25N3O3/c1-11(18(2)8-5-9-20-3)15(19)17-13-7-6-12(16)10-14(13)21-4/h6-7,10-11H,5,8-9,16H2,1-4H3,(H,17,19). The van der Waals surface area contributed by atoms with Gasteiger partial charge in [-0.05, 0) is 32.5 Å². The summed E-state index contributed by atoms with van der Waals surface area (Å²) in [6.07, 6.45) is 0.885. The molecule has 0 saturated heterocycles. The molecule has 0 bridgehead atoms. The maximum atomic E-state index is 12.3. The van der Waals surface area contributed by atoms with Gasteiger partial charge in [-0.3, -0.25) is 9.69 Å². The van der Waals surface area contributed by atoms with Crippen LogP contribution in [0.4, 0.5) is 11.4 Å². The van der Waals surface area contributed by atoms with Crippen LogP contribution in [0.2, 0.25) is 0 Å². The van der Waals surface area contributed by atoms with E-state index in [0.29, 0.717) is 23.7 Å². The third kappa shape index (κ3) is 5.24. The first-order valence-corrected chi connectivity index (χ1v) is 6.93. The van der Waals surface area contributed by atoms with Crippen LogP contribution in [0.15, 0.2) is 18.2 Å². The Morgan fingerprint density at radius 2 is 2.14 bits per heavy atom. The predicted molar refractivity (Wildman–Crippen MR) is 84.6 cm³/mol. The van der Waals surface area contributed by atoms with Crippen LogP contribution in [0.25, 0.3) is 0 Å². The largest absolute Gasteiger partial charge is 0.494 e. The topological polar surface area (TPSA) is 76.8 Å². The molecule has 21 heavy (non-hydrogen) atoms. The number of amides is 1. The van der Waals surface area contributed by atoms with Gasteiger partial charge >= 0.3 is 0 Å². The lowest BCUT2D eigenvalue weighted by Crippen LogP contribution is -2.40. The Balaban J connectivity index is 2.63. The van der Waals surface area contributed by atoms with Gasteiger partial charge in [-0.2, -0.15) is 0 Å². The van der Waals surface area contributed by atoms with Crippen LogP contribution >= 0.6 is 0 Å². The van der Waals surface area contributed by atoms with Crippen molar-refractivity contribution in [2.45, 2.75) is 19.4 Å². The third-order valence-electron chi connectivity index (χ3n) is 3.38. The van der Waals surface area contributed by atoms with E-state index in [1.165, 1.54) is 0 Å². The van der Waals surface area contributed by atoms with Gasteiger partial charge in [0, 0.05) is 32.0 Å². The van der Waals surface area contributed by atoms with Crippen LogP contribution in [0.3, 0.4) is 0 Å². The van der Waals surface area contributed by atoms with Gasteiger partial charge in [-0.25, -0.2) is 0 Å². The summed E-state index contributed by atoms with van der Waals surface area (Å²) >= 11 is 0. The lowest BCUT2D eigenvalue weighted by molar-refractivity contribution is -0.120. The number of ether oxygens (including phenoxy) is 2. The predicted octanol–water partition coefficient (Wildman–Crippen LogP) is 1.57. The van der Waals surface area contributed by atoms with Crippen molar-refractivity contribution in [2.24, 2.45) is 0 Å². The number of benzene rings is 1. The second-order valence-electron chi connectivity index (χ2n) is 4.95. The van der Waals surface area contributed by atoms with E-state index in [0.717, 1.165) is 13.0 Å². The van der Waals surface area contributed by atoms with E-state index in [1.54, 1.807) is 32.4 Å². The van der Waals surface area contributed by atoms with E-state index < -0.39 is 0 Å². The molecule has 0 spiro atoms. The van der Waals surface area contributed by atoms with Crippen LogP contribution < -0.4 is 15.8 Å². The first-order chi connectivity index (χ1) is 9.99. The number of nitrogens with two attached hydrogens (primary N) is 1. The Morgan fingerprint density at radius 3 is 2.76 bits per heavy atom. The lowest BCUT2D eigenvalue weighted by atomic mass is 10.2. The summed E-state index contributed by atoms with van der Waals surface area (Å²) in [5, 5.41) is 2.87. The highest BCUT2D eigenvalue weighted by molar-refractivity contribution is 5.96. The van der Waals surface area contributed by atoms with E-state index >= 15 is 0 Å². The molecule has 0 radical (unpaired) electrons. The molecule has 6 heteroatoms. The van der Waals surface area contributed by atoms with E-state index in [4.69, 9.17) is 15.2 Å². The zero-order valence-corrected chi connectivity index (χ0v) is 13.2. The first-order valence-electron chi connectivity index (χ1n) is 6.93. The molecule has 0 heterocycles. The van der Waals surface area contributed by atoms with Crippen molar-refractivity contribution in [2.75, 3.05) is 45.5 Å². The molecule has 1 aromatic carbocycles. The summed E-state index contributed by atoms with van der Waals surface area (Å²) in [5.41, 5.74) is 6.91. The summed E-state index contributed by atoms with van der Waals surface area (Å²) in [6.45, 7) is 3.34. The molecule has 118 valence electrons. The summed E-state index contributed by atoms with van der Waals surface area (Å²) in [4.78, 5) is 14.3. The average Bonchev–Trinajstić information content (AvgIpc) is 2.48. The van der Waals surface area contributed by atoms with Crippen LogP contribution in [-0.4, -0.2) is 51.3 Å². The molecule has 6 nitrogen and oxygen atoms in total. The zero-order chi connectivity index (χ0) is 15.8. The fraction of sp³-hybridized carbons (Fsp3) is 0.533. The number of nitrogens with zero attached hydrogens (tertiary/aromatic N) is 1. The van der Waals surface area contributed by atoms with Crippen LogP contribution in [0, 0.1) is 0 Å². The maximum absolute atomic E-state index is 12.3. The molecule has 0 saturated carbocycles. The summed E-state index contributed by atoms with van der Waals surface area (Å²) in [7, 11) is 5.13. The van der Waals surface area contributed by atoms with E-state index in [-0.39, 0.29) is 11.9 Å². The molecule has 1 rings (SSSR count). The Morgan fingerprint density at radius 1 is 1.43 bits per heavy atom. The number of carbonyl (C=O) groups excluding carboxylic acids is 1. The van der Waals surface area contributed by atoms with Gasteiger partial charge in [0.1, 0.15) is 5.75 Å². The minimum atomic E-state index is -0.246. The van der Waals surface area contributed by atoms with Gasteiger partial charge in [-0.15, -0.1) is 0 Å². The maximum Gasteiger partial charge on any atom is 0.241 e. The average molecular weight is 295 g/mol. The molecule has 0 fully saturated rings. The number of rotatable bonds is 8. The van der Waals surface area contributed by atoms with Crippen molar-refractivity contribution < 1.29 is 14.3 Å². The second kappa shape index (κ2) is 8.49. The Kier molecular flexibility index (Phi) is 6.98. The second-order valence-corrected chi connectivity index (χ2v) is 4.95. The molecule has 0 aromatic heterocycles. The molecule has 3 N–H and O–H groups in total. The minimum Gasteiger partial charge on any atom is -0.494 e. The van der Waals surface area contributed by atoms with Crippen molar-refractivity contribution in [3.63, 3.8) is 0 Å². The normalized spacial score (nSPS) is 12.2. The molecule has 1 amide bonds. The van der Waals surface area contributed by atoms with Crippen molar-refractivity contribution in [1.82, 2.24) is 4.90 Å². The number of anilines is 2.